The Kier molecular flexibility index (Phi) is 7.03. The van der Waals surface area contributed by atoms with E-state index in [1.54, 1.807) is 0 Å². The van der Waals surface area contributed by atoms with Crippen molar-refractivity contribution in [2.45, 2.75) is 12.2 Å². The molecule has 5 nitrogen and oxygen atoms in total. The molecular formula is C21H28N2O3. The van der Waals surface area contributed by atoms with E-state index >= 15 is 0 Å². The highest BCUT2D eigenvalue weighted by atomic mass is 16.5. The van der Waals surface area contributed by atoms with Gasteiger partial charge in [0, 0.05) is 39.3 Å². The van der Waals surface area contributed by atoms with Crippen molar-refractivity contribution in [1.29, 1.82) is 0 Å². The number of nitrogens with zero attached hydrogens (tertiary/aromatic N) is 2. The predicted molar refractivity (Wildman–Crippen MR) is 102 cm³/mol. The van der Waals surface area contributed by atoms with Crippen LogP contribution in [0.5, 0.6) is 5.75 Å². The molecular weight excluding hydrogens is 328 g/mol. The van der Waals surface area contributed by atoms with Gasteiger partial charge in [0.15, 0.2) is 0 Å². The maximum Gasteiger partial charge on any atom is 0.119 e. The minimum atomic E-state index is -0.503. The Labute approximate surface area is 155 Å². The van der Waals surface area contributed by atoms with Gasteiger partial charge in [0.1, 0.15) is 18.5 Å². The molecule has 0 amide bonds. The number of hydrogen-bond donors (Lipinski definition) is 2. The van der Waals surface area contributed by atoms with Crippen LogP contribution in [0.25, 0.3) is 0 Å². The second-order valence-electron chi connectivity index (χ2n) is 6.81. The van der Waals surface area contributed by atoms with Gasteiger partial charge < -0.3 is 14.9 Å². The van der Waals surface area contributed by atoms with Crippen molar-refractivity contribution in [3.05, 3.63) is 66.2 Å². The highest BCUT2D eigenvalue weighted by molar-refractivity contribution is 5.21. The summed E-state index contributed by atoms with van der Waals surface area (Å²) in [6, 6.07) is 19.4. The molecule has 3 rings (SSSR count). The minimum Gasteiger partial charge on any atom is -0.491 e. The third-order valence-corrected chi connectivity index (χ3v) is 4.73. The van der Waals surface area contributed by atoms with Gasteiger partial charge in [-0.15, -0.1) is 0 Å². The molecule has 1 aliphatic rings. The van der Waals surface area contributed by atoms with E-state index in [4.69, 9.17) is 4.74 Å². The molecule has 2 N–H and O–H groups in total. The van der Waals surface area contributed by atoms with Gasteiger partial charge in [0.05, 0.1) is 6.10 Å². The summed E-state index contributed by atoms with van der Waals surface area (Å²) in [7, 11) is 0. The smallest absolute Gasteiger partial charge is 0.119 e. The molecule has 0 bridgehead atoms. The van der Waals surface area contributed by atoms with E-state index < -0.39 is 12.2 Å². The fraction of sp³-hybridized carbons (Fsp3) is 0.429. The maximum atomic E-state index is 10.4. The molecule has 0 saturated carbocycles. The first-order valence-corrected chi connectivity index (χ1v) is 9.24. The van der Waals surface area contributed by atoms with Gasteiger partial charge >= 0.3 is 0 Å². The van der Waals surface area contributed by atoms with Crippen LogP contribution in [0, 0.1) is 0 Å². The van der Waals surface area contributed by atoms with Crippen molar-refractivity contribution in [3.63, 3.8) is 0 Å². The molecule has 0 aromatic heterocycles. The topological polar surface area (TPSA) is 56.2 Å². The Bertz CT molecular complexity index is 630. The van der Waals surface area contributed by atoms with Gasteiger partial charge in [-0.05, 0) is 17.7 Å². The van der Waals surface area contributed by atoms with Crippen LogP contribution in [-0.2, 0) is 0 Å². The summed E-state index contributed by atoms with van der Waals surface area (Å²) in [5.74, 6) is 0.784. The van der Waals surface area contributed by atoms with Crippen molar-refractivity contribution in [2.75, 3.05) is 45.9 Å². The van der Waals surface area contributed by atoms with Crippen LogP contribution in [0.15, 0.2) is 60.7 Å². The molecule has 2 atom stereocenters. The van der Waals surface area contributed by atoms with E-state index in [0.29, 0.717) is 19.7 Å². The zero-order valence-corrected chi connectivity index (χ0v) is 15.1. The number of ether oxygens (including phenoxy) is 1. The SMILES string of the molecule is OC(COc1ccccc1)CN1CCN(CC(O)c2ccccc2)CC1. The molecule has 5 heteroatoms. The van der Waals surface area contributed by atoms with Crippen LogP contribution < -0.4 is 4.74 Å². The quantitative estimate of drug-likeness (QED) is 0.755. The van der Waals surface area contributed by atoms with Crippen LogP contribution in [0.2, 0.25) is 0 Å². The molecule has 140 valence electrons. The summed E-state index contributed by atoms with van der Waals surface area (Å²) in [5, 5.41) is 20.6. The van der Waals surface area contributed by atoms with Crippen molar-refractivity contribution in [3.8, 4) is 5.75 Å². The minimum absolute atomic E-state index is 0.303. The first-order chi connectivity index (χ1) is 12.7. The van der Waals surface area contributed by atoms with E-state index in [-0.39, 0.29) is 0 Å². The summed E-state index contributed by atoms with van der Waals surface area (Å²) < 4.78 is 5.61. The Morgan fingerprint density at radius 2 is 1.31 bits per heavy atom. The lowest BCUT2D eigenvalue weighted by molar-refractivity contribution is 0.0331. The van der Waals surface area contributed by atoms with Crippen LogP contribution in [0.3, 0.4) is 0 Å². The van der Waals surface area contributed by atoms with Gasteiger partial charge in [-0.2, -0.15) is 0 Å². The molecule has 0 aliphatic carbocycles. The van der Waals surface area contributed by atoms with E-state index in [2.05, 4.69) is 9.80 Å². The molecule has 1 heterocycles. The molecule has 0 radical (unpaired) electrons. The Morgan fingerprint density at radius 3 is 1.92 bits per heavy atom. The van der Waals surface area contributed by atoms with Gasteiger partial charge in [0.2, 0.25) is 0 Å². The van der Waals surface area contributed by atoms with Crippen molar-refractivity contribution in [2.24, 2.45) is 0 Å². The standard InChI is InChI=1S/C21H28N2O3/c24-19(17-26-20-9-5-2-6-10-20)15-22-11-13-23(14-12-22)16-21(25)18-7-3-1-4-8-18/h1-10,19,21,24-25H,11-17H2. The lowest BCUT2D eigenvalue weighted by Crippen LogP contribution is -2.50. The molecule has 2 unspecified atom stereocenters. The lowest BCUT2D eigenvalue weighted by Gasteiger charge is -2.36. The van der Waals surface area contributed by atoms with Crippen LogP contribution >= 0.6 is 0 Å². The third-order valence-electron chi connectivity index (χ3n) is 4.73. The fourth-order valence-corrected chi connectivity index (χ4v) is 3.24. The predicted octanol–water partition coefficient (Wildman–Crippen LogP) is 1.78. The number of aliphatic hydroxyl groups excluding tert-OH is 2. The maximum absolute atomic E-state index is 10.4. The van der Waals surface area contributed by atoms with Gasteiger partial charge in [0.25, 0.3) is 0 Å². The average Bonchev–Trinajstić information content (AvgIpc) is 2.69. The fourth-order valence-electron chi connectivity index (χ4n) is 3.24. The number of aliphatic hydroxyl groups is 2. The number of β-amino-alcohol motifs (C(OH)–C–C–N with tert-alkyl or cyclic N) is 2. The number of piperazine rings is 1. The van der Waals surface area contributed by atoms with Gasteiger partial charge in [-0.25, -0.2) is 0 Å². The van der Waals surface area contributed by atoms with Crippen LogP contribution in [0.4, 0.5) is 0 Å². The first kappa shape index (κ1) is 18.9. The lowest BCUT2D eigenvalue weighted by atomic mass is 10.1. The Hall–Kier alpha value is -1.92. The van der Waals surface area contributed by atoms with Crippen molar-refractivity contribution >= 4 is 0 Å². The summed E-state index contributed by atoms with van der Waals surface area (Å²) in [6.45, 7) is 5.15. The van der Waals surface area contributed by atoms with Crippen LogP contribution in [-0.4, -0.2) is 72.0 Å². The Morgan fingerprint density at radius 1 is 0.769 bits per heavy atom. The van der Waals surface area contributed by atoms with E-state index in [1.807, 2.05) is 60.7 Å². The molecule has 1 fully saturated rings. The molecule has 2 aromatic rings. The van der Waals surface area contributed by atoms with E-state index in [1.165, 1.54) is 0 Å². The largest absolute Gasteiger partial charge is 0.491 e. The summed E-state index contributed by atoms with van der Waals surface area (Å²) in [6.07, 6.45) is -0.954. The monoisotopic (exact) mass is 356 g/mol. The molecule has 1 aliphatic heterocycles. The van der Waals surface area contributed by atoms with Gasteiger partial charge in [-0.1, -0.05) is 48.5 Å². The zero-order valence-electron chi connectivity index (χ0n) is 15.1. The van der Waals surface area contributed by atoms with Gasteiger partial charge in [-0.3, -0.25) is 9.80 Å². The van der Waals surface area contributed by atoms with Crippen molar-refractivity contribution < 1.29 is 14.9 Å². The number of benzene rings is 2. The first-order valence-electron chi connectivity index (χ1n) is 9.24. The number of para-hydroxylation sites is 1. The second kappa shape index (κ2) is 9.69. The van der Waals surface area contributed by atoms with Crippen LogP contribution in [0.1, 0.15) is 11.7 Å². The normalized spacial score (nSPS) is 18.4. The van der Waals surface area contributed by atoms with E-state index in [9.17, 15) is 10.2 Å². The summed E-state index contributed by atoms with van der Waals surface area (Å²) >= 11 is 0. The molecule has 2 aromatic carbocycles. The number of hydrogen-bond acceptors (Lipinski definition) is 5. The Balaban J connectivity index is 1.35. The summed E-state index contributed by atoms with van der Waals surface area (Å²) in [4.78, 5) is 4.53. The second-order valence-corrected chi connectivity index (χ2v) is 6.81. The van der Waals surface area contributed by atoms with Crippen molar-refractivity contribution in [1.82, 2.24) is 9.80 Å². The highest BCUT2D eigenvalue weighted by Crippen LogP contribution is 2.15. The van der Waals surface area contributed by atoms with E-state index in [0.717, 1.165) is 37.5 Å². The third kappa shape index (κ3) is 5.81. The molecule has 26 heavy (non-hydrogen) atoms. The molecule has 1 saturated heterocycles. The highest BCUT2D eigenvalue weighted by Gasteiger charge is 2.21. The number of rotatable bonds is 8. The molecule has 0 spiro atoms. The zero-order chi connectivity index (χ0) is 18.2. The summed E-state index contributed by atoms with van der Waals surface area (Å²) in [5.41, 5.74) is 0.961. The average molecular weight is 356 g/mol.